The van der Waals surface area contributed by atoms with Gasteiger partial charge in [-0.15, -0.1) is 11.3 Å². The maximum atomic E-state index is 14.4. The van der Waals surface area contributed by atoms with Crippen molar-refractivity contribution < 1.29 is 28.6 Å². The molecule has 9 nitrogen and oxygen atoms in total. The van der Waals surface area contributed by atoms with Crippen LogP contribution in [0.25, 0.3) is 10.4 Å². The van der Waals surface area contributed by atoms with Crippen molar-refractivity contribution >= 4 is 29.1 Å². The molecule has 1 saturated heterocycles. The monoisotopic (exact) mass is 588 g/mol. The van der Waals surface area contributed by atoms with Gasteiger partial charge < -0.3 is 25.4 Å². The molecule has 2 aliphatic rings. The number of hydrogen-bond donors (Lipinski definition) is 3. The van der Waals surface area contributed by atoms with Gasteiger partial charge in [-0.1, -0.05) is 32.9 Å². The quantitative estimate of drug-likeness (QED) is 0.430. The molecule has 4 rings (SSSR count). The third-order valence-corrected chi connectivity index (χ3v) is 8.27. The Bertz CT molecular complexity index is 1310. The number of aliphatic hydroxyl groups is 1. The first kappa shape index (κ1) is 30.9. The van der Waals surface area contributed by atoms with E-state index in [1.807, 2.05) is 45.9 Å². The molecule has 0 bridgehead atoms. The lowest BCUT2D eigenvalue weighted by atomic mass is 9.85. The van der Waals surface area contributed by atoms with Crippen LogP contribution in [-0.2, 0) is 20.9 Å². The highest BCUT2D eigenvalue weighted by atomic mass is 32.1. The molecule has 3 amide bonds. The number of hydrogen-bond acceptors (Lipinski definition) is 7. The lowest BCUT2D eigenvalue weighted by molar-refractivity contribution is -0.145. The van der Waals surface area contributed by atoms with E-state index < -0.39 is 52.6 Å². The third kappa shape index (κ3) is 7.24. The number of carbonyl (C=O) groups is 3. The van der Waals surface area contributed by atoms with Gasteiger partial charge in [-0.25, -0.2) is 9.37 Å². The molecule has 11 heteroatoms. The second-order valence-corrected chi connectivity index (χ2v) is 14.0. The van der Waals surface area contributed by atoms with Crippen LogP contribution in [0.3, 0.4) is 0 Å². The van der Waals surface area contributed by atoms with E-state index in [2.05, 4.69) is 15.6 Å². The van der Waals surface area contributed by atoms with Crippen molar-refractivity contribution in [3.05, 3.63) is 35.0 Å². The topological polar surface area (TPSA) is 121 Å². The van der Waals surface area contributed by atoms with Gasteiger partial charge in [0.2, 0.25) is 11.8 Å². The van der Waals surface area contributed by atoms with Gasteiger partial charge in [0.15, 0.2) is 5.67 Å². The van der Waals surface area contributed by atoms with E-state index in [-0.39, 0.29) is 32.4 Å². The average Bonchev–Trinajstić information content (AvgIpc) is 3.27. The summed E-state index contributed by atoms with van der Waals surface area (Å²) in [5.74, 6) is -1.14. The molecule has 1 unspecified atom stereocenters. The fourth-order valence-corrected chi connectivity index (χ4v) is 5.67. The van der Waals surface area contributed by atoms with E-state index in [4.69, 9.17) is 4.74 Å². The Labute approximate surface area is 244 Å². The molecule has 3 atom stereocenters. The number of ether oxygens (including phenoxy) is 1. The molecule has 0 radical (unpaired) electrons. The number of nitrogens with one attached hydrogen (secondary N) is 2. The molecule has 1 saturated carbocycles. The van der Waals surface area contributed by atoms with Crippen molar-refractivity contribution in [1.29, 1.82) is 0 Å². The number of amides is 3. The summed E-state index contributed by atoms with van der Waals surface area (Å²) in [6.07, 6.45) is -0.583. The van der Waals surface area contributed by atoms with Crippen LogP contribution in [0.2, 0.25) is 0 Å². The number of rotatable bonds is 8. The normalized spacial score (nSPS) is 20.9. The molecule has 2 heterocycles. The van der Waals surface area contributed by atoms with Crippen LogP contribution in [0.5, 0.6) is 5.75 Å². The summed E-state index contributed by atoms with van der Waals surface area (Å²) < 4.78 is 20.7. The lowest BCUT2D eigenvalue weighted by Crippen LogP contribution is -2.59. The second kappa shape index (κ2) is 11.3. The summed E-state index contributed by atoms with van der Waals surface area (Å²) in [4.78, 5) is 46.3. The number of aliphatic hydroxyl groups excluding tert-OH is 1. The van der Waals surface area contributed by atoms with E-state index >= 15 is 0 Å². The predicted molar refractivity (Wildman–Crippen MR) is 155 cm³/mol. The number of alkyl halides is 1. The van der Waals surface area contributed by atoms with Gasteiger partial charge in [-0.2, -0.15) is 0 Å². The molecular weight excluding hydrogens is 547 g/mol. The largest absolute Gasteiger partial charge is 0.488 e. The Morgan fingerprint density at radius 2 is 1.90 bits per heavy atom. The molecule has 2 fully saturated rings. The maximum Gasteiger partial charge on any atom is 0.258 e. The van der Waals surface area contributed by atoms with Gasteiger partial charge in [0.05, 0.1) is 22.2 Å². The van der Waals surface area contributed by atoms with E-state index in [0.29, 0.717) is 5.75 Å². The van der Waals surface area contributed by atoms with Crippen molar-refractivity contribution in [1.82, 2.24) is 20.5 Å². The Morgan fingerprint density at radius 1 is 1.22 bits per heavy atom. The molecule has 41 heavy (non-hydrogen) atoms. The smallest absolute Gasteiger partial charge is 0.258 e. The predicted octanol–water partition coefficient (Wildman–Crippen LogP) is 3.91. The van der Waals surface area contributed by atoms with Crippen molar-refractivity contribution in [3.8, 4) is 16.2 Å². The van der Waals surface area contributed by atoms with Gasteiger partial charge in [-0.05, 0) is 57.6 Å². The zero-order chi connectivity index (χ0) is 30.3. The molecule has 1 aromatic carbocycles. The Balaban J connectivity index is 1.51. The second-order valence-electron chi connectivity index (χ2n) is 13.2. The summed E-state index contributed by atoms with van der Waals surface area (Å²) in [7, 11) is 0. The van der Waals surface area contributed by atoms with Gasteiger partial charge in [0, 0.05) is 25.1 Å². The minimum Gasteiger partial charge on any atom is -0.488 e. The molecule has 1 aliphatic heterocycles. The van der Waals surface area contributed by atoms with Crippen molar-refractivity contribution in [2.45, 2.75) is 104 Å². The summed E-state index contributed by atoms with van der Waals surface area (Å²) in [5.41, 5.74) is 1.27. The zero-order valence-corrected chi connectivity index (χ0v) is 25.7. The van der Waals surface area contributed by atoms with Crippen LogP contribution in [0, 0.1) is 12.3 Å². The summed E-state index contributed by atoms with van der Waals surface area (Å²) in [5, 5.41) is 15.9. The van der Waals surface area contributed by atoms with Gasteiger partial charge in [0.1, 0.15) is 23.4 Å². The number of carbonyl (C=O) groups excluding carboxylic acids is 3. The third-order valence-electron chi connectivity index (χ3n) is 7.29. The molecule has 3 N–H and O–H groups in total. The zero-order valence-electron chi connectivity index (χ0n) is 24.8. The Hall–Kier alpha value is -3.05. The highest BCUT2D eigenvalue weighted by Crippen LogP contribution is 2.40. The van der Waals surface area contributed by atoms with E-state index in [9.17, 15) is 23.9 Å². The number of benzene rings is 1. The first-order valence-corrected chi connectivity index (χ1v) is 14.8. The van der Waals surface area contributed by atoms with Crippen molar-refractivity contribution in [2.24, 2.45) is 5.41 Å². The number of halogens is 1. The summed E-state index contributed by atoms with van der Waals surface area (Å²) >= 11 is 1.54. The molecular formula is C30H41FN4O5S. The molecule has 0 spiro atoms. The number of likely N-dealkylation sites (tertiary alicyclic amines) is 1. The minimum absolute atomic E-state index is 0.0541. The molecule has 1 aliphatic carbocycles. The number of aromatic nitrogens is 1. The summed E-state index contributed by atoms with van der Waals surface area (Å²) in [6, 6.07) is 3.80. The van der Waals surface area contributed by atoms with Crippen LogP contribution in [0.15, 0.2) is 23.7 Å². The number of aryl methyl sites for hydroxylation is 1. The molecule has 2 aromatic rings. The number of nitrogens with zero attached hydrogens (tertiary/aromatic N) is 2. The minimum atomic E-state index is -1.94. The maximum absolute atomic E-state index is 14.4. The lowest BCUT2D eigenvalue weighted by Gasteiger charge is -2.35. The van der Waals surface area contributed by atoms with Gasteiger partial charge in [0.25, 0.3) is 5.91 Å². The first-order valence-electron chi connectivity index (χ1n) is 14.0. The van der Waals surface area contributed by atoms with Crippen LogP contribution in [-0.4, -0.2) is 68.7 Å². The Kier molecular flexibility index (Phi) is 8.53. The van der Waals surface area contributed by atoms with Gasteiger partial charge >= 0.3 is 0 Å². The van der Waals surface area contributed by atoms with Crippen molar-refractivity contribution in [2.75, 3.05) is 6.54 Å². The number of β-amino-alcohol motifs (C(OH)–C–C–N with tert-alkyl or cyclic N) is 1. The first-order chi connectivity index (χ1) is 19.0. The fourth-order valence-electron chi connectivity index (χ4n) is 4.86. The molecule has 224 valence electrons. The van der Waals surface area contributed by atoms with Crippen LogP contribution >= 0.6 is 11.3 Å². The standard InChI is InChI=1S/C30H41FN4O5S/c1-17-23(41-16-33-17)18-8-9-19(22(12-18)40-29(5,6)7)14-32-25(37)21-13-20(36)15-35(21)26(38)24(28(2,3)4)34-27(39)30(31)10-11-30/h8-9,12,16,20-21,24,36H,10-11,13-15H2,1-7H3,(H,32,37)(H,34,39)/t20-,21?,24-/m1/s1. The Morgan fingerprint density at radius 3 is 2.46 bits per heavy atom. The SMILES string of the molecule is Cc1ncsc1-c1ccc(CNC(=O)C2C[C@@H](O)CN2C(=O)[C@@H](NC(=O)C2(F)CC2)C(C)(C)C)c(OC(C)(C)C)c1. The highest BCUT2D eigenvalue weighted by Gasteiger charge is 2.53. The number of thiazole rings is 1. The molecule has 1 aromatic heterocycles. The van der Waals surface area contributed by atoms with E-state index in [0.717, 1.165) is 21.7 Å². The van der Waals surface area contributed by atoms with E-state index in [1.54, 1.807) is 37.6 Å². The summed E-state index contributed by atoms with van der Waals surface area (Å²) in [6.45, 7) is 13.2. The van der Waals surface area contributed by atoms with Gasteiger partial charge in [-0.3, -0.25) is 14.4 Å². The van der Waals surface area contributed by atoms with Crippen LogP contribution in [0.4, 0.5) is 4.39 Å². The van der Waals surface area contributed by atoms with E-state index in [1.165, 1.54) is 4.90 Å². The highest BCUT2D eigenvalue weighted by molar-refractivity contribution is 7.13. The average molecular weight is 589 g/mol. The fraction of sp³-hybridized carbons (Fsp3) is 0.600. The van der Waals surface area contributed by atoms with Crippen LogP contribution in [0.1, 0.15) is 72.1 Å². The van der Waals surface area contributed by atoms with Crippen molar-refractivity contribution in [3.63, 3.8) is 0 Å². The van der Waals surface area contributed by atoms with Crippen LogP contribution < -0.4 is 15.4 Å².